The average Bonchev–Trinajstić information content (AvgIpc) is 3.31. The van der Waals surface area contributed by atoms with Crippen LogP contribution in [0.3, 0.4) is 0 Å². The molecule has 194 valence electrons. The number of nitrogens with zero attached hydrogens (tertiary/aromatic N) is 1. The molecule has 1 saturated heterocycles. The molecule has 2 aliphatic rings. The maximum absolute atomic E-state index is 13.3. The summed E-state index contributed by atoms with van der Waals surface area (Å²) in [6.45, 7) is 6.30. The number of fused-ring (bicyclic) bond motifs is 1. The highest BCUT2D eigenvalue weighted by Gasteiger charge is 2.29. The van der Waals surface area contributed by atoms with Crippen molar-refractivity contribution in [1.29, 1.82) is 0 Å². The second-order valence-electron chi connectivity index (χ2n) is 9.96. The van der Waals surface area contributed by atoms with Gasteiger partial charge in [0.25, 0.3) is 5.91 Å². The number of piperidine rings is 1. The lowest BCUT2D eigenvalue weighted by Crippen LogP contribution is -2.29. The molecule has 5 rings (SSSR count). The Labute approximate surface area is 227 Å². The van der Waals surface area contributed by atoms with Gasteiger partial charge in [0.05, 0.1) is 16.2 Å². The van der Waals surface area contributed by atoms with E-state index in [1.165, 1.54) is 11.6 Å². The van der Waals surface area contributed by atoms with Crippen LogP contribution in [0.4, 0.5) is 5.69 Å². The molecular formula is C28H29Cl2N3O3S. The van der Waals surface area contributed by atoms with Crippen molar-refractivity contribution in [1.82, 2.24) is 9.88 Å². The van der Waals surface area contributed by atoms with E-state index in [0.29, 0.717) is 38.4 Å². The van der Waals surface area contributed by atoms with E-state index in [9.17, 15) is 13.2 Å². The van der Waals surface area contributed by atoms with Crippen molar-refractivity contribution in [3.8, 4) is 0 Å². The molecule has 2 aliphatic heterocycles. The van der Waals surface area contributed by atoms with Crippen molar-refractivity contribution < 1.29 is 13.2 Å². The van der Waals surface area contributed by atoms with E-state index in [1.807, 2.05) is 6.08 Å². The molecule has 3 aromatic rings. The zero-order valence-electron chi connectivity index (χ0n) is 21.0. The van der Waals surface area contributed by atoms with Crippen molar-refractivity contribution in [2.24, 2.45) is 0 Å². The van der Waals surface area contributed by atoms with Crippen molar-refractivity contribution in [3.05, 3.63) is 80.1 Å². The van der Waals surface area contributed by atoms with Gasteiger partial charge in [0.2, 0.25) is 0 Å². The van der Waals surface area contributed by atoms with Gasteiger partial charge in [-0.3, -0.25) is 4.79 Å². The molecule has 0 unspecified atom stereocenters. The van der Waals surface area contributed by atoms with E-state index in [2.05, 4.69) is 36.1 Å². The third kappa shape index (κ3) is 4.98. The number of hydrogen-bond donors (Lipinski definition) is 2. The van der Waals surface area contributed by atoms with Gasteiger partial charge < -0.3 is 15.2 Å². The Hall–Kier alpha value is -2.58. The maximum atomic E-state index is 13.3. The number of carbonyl (C=O) groups is 1. The third-order valence-electron chi connectivity index (χ3n) is 7.48. The second kappa shape index (κ2) is 9.95. The van der Waals surface area contributed by atoms with Crippen LogP contribution in [-0.4, -0.2) is 44.3 Å². The fraction of sp³-hybridized carbons (Fsp3) is 0.321. The Morgan fingerprint density at radius 2 is 1.76 bits per heavy atom. The first-order valence-electron chi connectivity index (χ1n) is 12.3. The monoisotopic (exact) mass is 557 g/mol. The zero-order chi connectivity index (χ0) is 26.5. The number of aromatic amines is 1. The molecule has 6 nitrogen and oxygen atoms in total. The highest BCUT2D eigenvalue weighted by Crippen LogP contribution is 2.39. The molecule has 0 saturated carbocycles. The van der Waals surface area contributed by atoms with E-state index < -0.39 is 9.84 Å². The van der Waals surface area contributed by atoms with E-state index in [4.69, 9.17) is 23.2 Å². The summed E-state index contributed by atoms with van der Waals surface area (Å²) in [6.07, 6.45) is 4.04. The number of rotatable bonds is 5. The molecule has 1 amide bonds. The van der Waals surface area contributed by atoms with Crippen LogP contribution in [0.5, 0.6) is 0 Å². The fourth-order valence-electron chi connectivity index (χ4n) is 5.44. The van der Waals surface area contributed by atoms with Gasteiger partial charge in [-0.05, 0) is 100 Å². The number of anilines is 1. The lowest BCUT2D eigenvalue weighted by Gasteiger charge is -2.29. The van der Waals surface area contributed by atoms with Gasteiger partial charge >= 0.3 is 0 Å². The van der Waals surface area contributed by atoms with Crippen LogP contribution in [0.15, 0.2) is 41.3 Å². The van der Waals surface area contributed by atoms with E-state index in [1.54, 1.807) is 30.3 Å². The van der Waals surface area contributed by atoms with Crippen LogP contribution in [0.25, 0.3) is 11.6 Å². The van der Waals surface area contributed by atoms with Crippen molar-refractivity contribution in [2.75, 3.05) is 25.5 Å². The van der Waals surface area contributed by atoms with Gasteiger partial charge in [0.1, 0.15) is 0 Å². The number of likely N-dealkylation sites (tertiary alicyclic amines) is 1. The lowest BCUT2D eigenvalue weighted by molar-refractivity contribution is -0.110. The molecule has 37 heavy (non-hydrogen) atoms. The summed E-state index contributed by atoms with van der Waals surface area (Å²) >= 11 is 12.4. The quantitative estimate of drug-likeness (QED) is 0.365. The van der Waals surface area contributed by atoms with E-state index in [-0.39, 0.29) is 16.6 Å². The highest BCUT2D eigenvalue weighted by molar-refractivity contribution is 7.90. The van der Waals surface area contributed by atoms with Gasteiger partial charge in [0, 0.05) is 38.2 Å². The predicted molar refractivity (Wildman–Crippen MR) is 150 cm³/mol. The number of carbonyl (C=O) groups excluding carboxylic acids is 1. The standard InChI is InChI=1S/C28H29Cl2N3O3S/c1-16-26(31-17(2)27(16)18-9-11-33(3)12-10-18)14-21-20-13-19(7-8-25(20)32-28(21)34)37(35,36)15-22-23(29)5-4-6-24(22)30/h4-8,13-14,18,31H,9-12,15H2,1-3H3,(H,32,34). The molecule has 0 bridgehead atoms. The van der Waals surface area contributed by atoms with E-state index >= 15 is 0 Å². The highest BCUT2D eigenvalue weighted by atomic mass is 35.5. The minimum atomic E-state index is -3.77. The third-order valence-corrected chi connectivity index (χ3v) is 9.83. The predicted octanol–water partition coefficient (Wildman–Crippen LogP) is 6.21. The molecule has 0 spiro atoms. The first kappa shape index (κ1) is 26.0. The van der Waals surface area contributed by atoms with E-state index in [0.717, 1.165) is 42.9 Å². The molecule has 1 aromatic heterocycles. The number of hydrogen-bond acceptors (Lipinski definition) is 4. The summed E-state index contributed by atoms with van der Waals surface area (Å²) < 4.78 is 26.6. The number of aryl methyl sites for hydroxylation is 1. The van der Waals surface area contributed by atoms with Crippen LogP contribution >= 0.6 is 23.2 Å². The summed E-state index contributed by atoms with van der Waals surface area (Å²) in [4.78, 5) is 18.9. The SMILES string of the molecule is Cc1[nH]c(C=C2C(=O)Nc3ccc(S(=O)(=O)Cc4c(Cl)cccc4Cl)cc32)c(C)c1C1CCN(C)CC1. The van der Waals surface area contributed by atoms with Gasteiger partial charge in [0.15, 0.2) is 9.84 Å². The van der Waals surface area contributed by atoms with Gasteiger partial charge in [-0.2, -0.15) is 0 Å². The number of aromatic nitrogens is 1. The topological polar surface area (TPSA) is 82.3 Å². The number of sulfone groups is 1. The normalized spacial score (nSPS) is 17.9. The summed E-state index contributed by atoms with van der Waals surface area (Å²) in [5.74, 6) is -0.108. The molecular weight excluding hydrogens is 529 g/mol. The average molecular weight is 559 g/mol. The minimum absolute atomic E-state index is 0.107. The summed E-state index contributed by atoms with van der Waals surface area (Å²) in [5.41, 5.74) is 6.39. The molecule has 3 heterocycles. The molecule has 0 radical (unpaired) electrons. The van der Waals surface area contributed by atoms with Gasteiger partial charge in [-0.25, -0.2) is 8.42 Å². The lowest BCUT2D eigenvalue weighted by atomic mass is 9.87. The molecule has 9 heteroatoms. The Morgan fingerprint density at radius 3 is 2.43 bits per heavy atom. The van der Waals surface area contributed by atoms with Crippen molar-refractivity contribution >= 4 is 56.3 Å². The fourth-order valence-corrected chi connectivity index (χ4v) is 7.56. The second-order valence-corrected chi connectivity index (χ2v) is 12.8. The molecule has 2 aromatic carbocycles. The van der Waals surface area contributed by atoms with Gasteiger partial charge in [-0.1, -0.05) is 29.3 Å². The molecule has 0 atom stereocenters. The number of nitrogens with one attached hydrogen (secondary N) is 2. The van der Waals surface area contributed by atoms with Gasteiger partial charge in [-0.15, -0.1) is 0 Å². The number of H-pyrrole nitrogens is 1. The van der Waals surface area contributed by atoms with Crippen LogP contribution in [-0.2, 0) is 20.4 Å². The first-order valence-corrected chi connectivity index (χ1v) is 14.7. The Kier molecular flexibility index (Phi) is 7.00. The Bertz CT molecular complexity index is 1510. The van der Waals surface area contributed by atoms with Crippen LogP contribution in [0.2, 0.25) is 10.0 Å². The maximum Gasteiger partial charge on any atom is 0.256 e. The Morgan fingerprint density at radius 1 is 1.08 bits per heavy atom. The number of halogens is 2. The minimum Gasteiger partial charge on any atom is -0.359 e. The largest absolute Gasteiger partial charge is 0.359 e. The number of amides is 1. The molecule has 1 fully saturated rings. The van der Waals surface area contributed by atoms with Crippen LogP contribution in [0.1, 0.15) is 52.4 Å². The summed E-state index contributed by atoms with van der Waals surface area (Å²) in [6, 6.07) is 9.60. The summed E-state index contributed by atoms with van der Waals surface area (Å²) in [7, 11) is -1.62. The van der Waals surface area contributed by atoms with Crippen LogP contribution in [0, 0.1) is 13.8 Å². The van der Waals surface area contributed by atoms with Crippen molar-refractivity contribution in [2.45, 2.75) is 43.3 Å². The molecule has 0 aliphatic carbocycles. The zero-order valence-corrected chi connectivity index (χ0v) is 23.3. The van der Waals surface area contributed by atoms with Crippen molar-refractivity contribution in [3.63, 3.8) is 0 Å². The smallest absolute Gasteiger partial charge is 0.256 e. The first-order chi connectivity index (χ1) is 17.5. The summed E-state index contributed by atoms with van der Waals surface area (Å²) in [5, 5.41) is 3.46. The Balaban J connectivity index is 1.50. The van der Waals surface area contributed by atoms with Crippen LogP contribution < -0.4 is 5.32 Å². The molecule has 2 N–H and O–H groups in total. The number of benzene rings is 2.